The number of nitrogens with zero attached hydrogens (tertiary/aromatic N) is 4. The molecule has 0 saturated heterocycles. The van der Waals surface area contributed by atoms with Crippen molar-refractivity contribution < 1.29 is 68.8 Å². The molecule has 0 aliphatic carbocycles. The molecule has 71 heavy (non-hydrogen) atoms. The van der Waals surface area contributed by atoms with E-state index in [1.165, 1.54) is 26.4 Å². The maximum atomic E-state index is 17.7. The van der Waals surface area contributed by atoms with Crippen molar-refractivity contribution in [3.63, 3.8) is 0 Å². The first-order valence-corrected chi connectivity index (χ1v) is 25.1. The highest BCUT2D eigenvalue weighted by Crippen LogP contribution is 2.42. The van der Waals surface area contributed by atoms with Gasteiger partial charge >= 0.3 is 6.97 Å². The Morgan fingerprint density at radius 1 is 0.803 bits per heavy atom. The number of hydrogen-bond acceptors (Lipinski definition) is 10. The molecule has 0 saturated carbocycles. The van der Waals surface area contributed by atoms with Crippen LogP contribution in [0.4, 0.5) is 8.63 Å². The van der Waals surface area contributed by atoms with Crippen molar-refractivity contribution in [2.75, 3.05) is 67.4 Å². The second-order valence-electron chi connectivity index (χ2n) is 18.7. The summed E-state index contributed by atoms with van der Waals surface area (Å²) < 4.78 is 88.3. The van der Waals surface area contributed by atoms with Crippen LogP contribution in [0, 0.1) is 0 Å². The van der Waals surface area contributed by atoms with Crippen LogP contribution in [0.2, 0.25) is 0 Å². The third kappa shape index (κ3) is 14.7. The molecule has 3 aliphatic rings. The van der Waals surface area contributed by atoms with Crippen LogP contribution in [0.25, 0.3) is 17.3 Å². The fourth-order valence-electron chi connectivity index (χ4n) is 8.86. The molecule has 20 heteroatoms. The maximum absolute atomic E-state index is 17.7. The van der Waals surface area contributed by atoms with Crippen molar-refractivity contribution in [1.82, 2.24) is 14.7 Å². The topological polar surface area (TPSA) is 191 Å². The van der Waals surface area contributed by atoms with E-state index in [1.54, 1.807) is 60.7 Å². The number of hydrogen-bond donors (Lipinski definition) is 2. The minimum atomic E-state index is -4.71. The molecule has 3 aliphatic heterocycles. The second-order valence-corrected chi connectivity index (χ2v) is 20.2. The maximum Gasteiger partial charge on any atom is 0.737 e. The normalized spacial score (nSPS) is 15.5. The first-order valence-electron chi connectivity index (χ1n) is 23.5. The van der Waals surface area contributed by atoms with Gasteiger partial charge in [-0.3, -0.25) is 33.4 Å². The second kappa shape index (κ2) is 24.4. The van der Waals surface area contributed by atoms with Gasteiger partial charge in [0.05, 0.1) is 55.1 Å². The molecule has 2 aromatic carbocycles. The third-order valence-corrected chi connectivity index (χ3v) is 13.2. The van der Waals surface area contributed by atoms with Crippen molar-refractivity contribution in [3.8, 4) is 22.8 Å². The zero-order chi connectivity index (χ0) is 50.8. The number of methoxy groups -OCH3 is 2. The van der Waals surface area contributed by atoms with E-state index in [2.05, 4.69) is 26.5 Å². The van der Waals surface area contributed by atoms with Crippen LogP contribution in [0.15, 0.2) is 84.1 Å². The number of fused-ring (bicyclic) bond motifs is 2. The van der Waals surface area contributed by atoms with Gasteiger partial charge in [0.2, 0.25) is 5.91 Å². The van der Waals surface area contributed by atoms with E-state index < -0.39 is 52.4 Å². The largest absolute Gasteiger partial charge is 0.737 e. The summed E-state index contributed by atoms with van der Waals surface area (Å²) >= 11 is 0. The molecule has 1 atom stereocenters. The van der Waals surface area contributed by atoms with Gasteiger partial charge in [0.25, 0.3) is 21.9 Å². The molecule has 4 heterocycles. The highest BCUT2D eigenvalue weighted by atomic mass is 32.2. The number of carbonyl (C=O) groups excluding carboxylic acids is 5. The highest BCUT2D eigenvalue weighted by Gasteiger charge is 2.55. The van der Waals surface area contributed by atoms with Crippen LogP contribution < -0.4 is 14.8 Å². The number of unbranched alkanes of at least 4 members (excludes halogenated alkanes) is 2. The molecule has 0 spiro atoms. The summed E-state index contributed by atoms with van der Waals surface area (Å²) in [5, 5.41) is 2.48. The summed E-state index contributed by atoms with van der Waals surface area (Å²) in [4.78, 5) is 63.6. The van der Waals surface area contributed by atoms with Gasteiger partial charge in [-0.1, -0.05) is 13.8 Å². The number of quaternary nitrogens is 1. The van der Waals surface area contributed by atoms with Gasteiger partial charge < -0.3 is 41.6 Å². The van der Waals surface area contributed by atoms with Crippen LogP contribution in [-0.2, 0) is 45.2 Å². The van der Waals surface area contributed by atoms with E-state index in [0.29, 0.717) is 76.2 Å². The number of nitrogens with one attached hydrogen (secondary N) is 1. The molecule has 3 amide bonds. The zero-order valence-electron chi connectivity index (χ0n) is 40.5. The molecule has 0 bridgehead atoms. The Balaban J connectivity index is 0.00000937. The number of benzene rings is 2. The number of amides is 3. The van der Waals surface area contributed by atoms with Crippen LogP contribution in [0.1, 0.15) is 88.5 Å². The molecular weight excluding hydrogens is 939 g/mol. The fourth-order valence-corrected chi connectivity index (χ4v) is 9.55. The summed E-state index contributed by atoms with van der Waals surface area (Å²) in [6.07, 6.45) is 8.77. The molecule has 0 radical (unpaired) electrons. The number of Topliss-reactive ketones (excluding diaryl/α,β-unsaturated/α-hetero) is 2. The molecule has 384 valence electrons. The van der Waals surface area contributed by atoms with Crippen molar-refractivity contribution in [1.29, 1.82) is 0 Å². The average molecular weight is 1010 g/mol. The standard InChI is InChI=1S/C50H62BF2N5O11S.CH4/c1-58(2,3)28-9-11-37-31-43(35-15-20-40(67-4)21-16-35)56-45(37)33-46-38(32-44(57(46)51(56,52)53)36-17-22-41(68-5)23-18-36)19-24-48(61)54-42(34-70(64,65)66)47(60)14-8-6-7-12-39(59)13-10-29-69-30-27-55-49(62)25-26-50(55)63;/h15-18,20-23,25-26,31-33,42H,6-14,19,24,27-30,34H2,1-5H3,(H-,54,61,64,65,66);1H4/p+1. The van der Waals surface area contributed by atoms with Gasteiger partial charge in [-0.2, -0.15) is 8.42 Å². The minimum absolute atomic E-state index is 0. The SMILES string of the molecule is C.COc1ccc(C2=[N+]3C(=Cc4c(CCC[N+](C)(C)C)cc(-c5ccc(OC)cc5)n4[B-]3(F)F)C(CCC(=O)NC(CS(=O)(=O)O)C(=O)CCCCCC(=O)CCCOCCN3C(=O)C=CC3=O)=C2)cc1. The van der Waals surface area contributed by atoms with E-state index in [0.717, 1.165) is 32.4 Å². The Morgan fingerprint density at radius 3 is 2.01 bits per heavy atom. The van der Waals surface area contributed by atoms with Crippen molar-refractivity contribution in [2.24, 2.45) is 0 Å². The van der Waals surface area contributed by atoms with Gasteiger partial charge in [-0.25, -0.2) is 0 Å². The highest BCUT2D eigenvalue weighted by molar-refractivity contribution is 7.85. The minimum Gasteiger partial charge on any atom is -0.497 e. The van der Waals surface area contributed by atoms with E-state index in [1.807, 2.05) is 6.07 Å². The Labute approximate surface area is 415 Å². The fraction of sp³-hybridized carbons (Fsp3) is 0.451. The lowest BCUT2D eigenvalue weighted by Crippen LogP contribution is -2.51. The van der Waals surface area contributed by atoms with E-state index >= 15 is 8.63 Å². The number of allylic oxidation sites excluding steroid dienone is 2. The predicted octanol–water partition coefficient (Wildman–Crippen LogP) is 6.43. The van der Waals surface area contributed by atoms with Crippen LogP contribution in [0.3, 0.4) is 0 Å². The lowest BCUT2D eigenvalue weighted by molar-refractivity contribution is -0.870. The molecule has 1 aromatic heterocycles. The van der Waals surface area contributed by atoms with Crippen LogP contribution in [-0.4, -0.2) is 147 Å². The first-order chi connectivity index (χ1) is 33.2. The number of aryl methyl sites for hydroxylation is 1. The Kier molecular flexibility index (Phi) is 19.2. The molecule has 2 N–H and O–H groups in total. The molecular formula is C51H67BF2N5O11S+. The van der Waals surface area contributed by atoms with Gasteiger partial charge in [-0.05, 0) is 97.8 Å². The van der Waals surface area contributed by atoms with Crippen LogP contribution >= 0.6 is 0 Å². The van der Waals surface area contributed by atoms with E-state index in [4.69, 9.17) is 14.2 Å². The summed E-state index contributed by atoms with van der Waals surface area (Å²) in [7, 11) is 4.55. The van der Waals surface area contributed by atoms with Crippen molar-refractivity contribution in [3.05, 3.63) is 101 Å². The van der Waals surface area contributed by atoms with Gasteiger partial charge in [-0.15, -0.1) is 0 Å². The number of ether oxygens (including phenoxy) is 3. The summed E-state index contributed by atoms with van der Waals surface area (Å²) in [5.41, 5.74) is 3.34. The van der Waals surface area contributed by atoms with Gasteiger partial charge in [0.1, 0.15) is 29.1 Å². The van der Waals surface area contributed by atoms with Crippen LogP contribution in [0.5, 0.6) is 11.5 Å². The molecule has 3 aromatic rings. The molecule has 0 fully saturated rings. The van der Waals surface area contributed by atoms with E-state index in [9.17, 15) is 36.9 Å². The first kappa shape index (κ1) is 55.8. The van der Waals surface area contributed by atoms with E-state index in [-0.39, 0.29) is 76.5 Å². The zero-order valence-corrected chi connectivity index (χ0v) is 41.3. The number of rotatable bonds is 28. The van der Waals surface area contributed by atoms with Gasteiger partial charge in [0.15, 0.2) is 17.2 Å². The number of imide groups is 1. The number of ketones is 2. The number of halogens is 2. The molecule has 1 unspecified atom stereocenters. The molecule has 16 nitrogen and oxygen atoms in total. The Morgan fingerprint density at radius 2 is 1.41 bits per heavy atom. The third-order valence-electron chi connectivity index (χ3n) is 12.5. The quantitative estimate of drug-likeness (QED) is 0.0268. The summed E-state index contributed by atoms with van der Waals surface area (Å²) in [6, 6.07) is 13.9. The Hall–Kier alpha value is -6.09. The van der Waals surface area contributed by atoms with Crippen molar-refractivity contribution >= 4 is 58.2 Å². The smallest absolute Gasteiger partial charge is 0.497 e. The lowest BCUT2D eigenvalue weighted by Gasteiger charge is -2.32. The summed E-state index contributed by atoms with van der Waals surface area (Å²) in [6.45, 7) is -3.20. The summed E-state index contributed by atoms with van der Waals surface area (Å²) in [5.74, 6) is -2.05. The van der Waals surface area contributed by atoms with Gasteiger partial charge in [0, 0.05) is 85.5 Å². The van der Waals surface area contributed by atoms with Crippen molar-refractivity contribution in [2.45, 2.75) is 84.1 Å². The predicted molar refractivity (Wildman–Crippen MR) is 268 cm³/mol. The monoisotopic (exact) mass is 1010 g/mol. The lowest BCUT2D eigenvalue weighted by atomic mass is 9.87. The Bertz CT molecular complexity index is 2670. The number of carbonyl (C=O) groups is 5. The average Bonchev–Trinajstić information content (AvgIpc) is 3.98. The number of aromatic nitrogens is 1. The molecule has 6 rings (SSSR count).